The molecule has 0 bridgehead atoms. The van der Waals surface area contributed by atoms with Crippen molar-refractivity contribution in [2.75, 3.05) is 7.11 Å². The van der Waals surface area contributed by atoms with E-state index in [1.165, 1.54) is 25.7 Å². The number of fused-ring (bicyclic) bond motifs is 1. The first-order valence-electron chi connectivity index (χ1n) is 13.2. The number of rotatable bonds is 8. The van der Waals surface area contributed by atoms with Crippen LogP contribution < -0.4 is 15.0 Å². The number of nitrogens with one attached hydrogen (secondary N) is 1. The van der Waals surface area contributed by atoms with E-state index in [1.807, 2.05) is 48.2 Å². The highest BCUT2D eigenvalue weighted by Crippen LogP contribution is 2.35. The van der Waals surface area contributed by atoms with Crippen LogP contribution in [-0.2, 0) is 11.3 Å². The lowest BCUT2D eigenvalue weighted by Crippen LogP contribution is -2.36. The molecule has 1 N–H and O–H groups in total. The van der Waals surface area contributed by atoms with Crippen LogP contribution in [-0.4, -0.2) is 40.3 Å². The molecule has 2 saturated carbocycles. The summed E-state index contributed by atoms with van der Waals surface area (Å²) in [4.78, 5) is 27.9. The zero-order valence-corrected chi connectivity index (χ0v) is 21.2. The van der Waals surface area contributed by atoms with Gasteiger partial charge in [-0.15, -0.1) is 0 Å². The molecule has 2 aliphatic rings. The van der Waals surface area contributed by atoms with Crippen LogP contribution in [0.1, 0.15) is 75.5 Å². The fraction of sp³-hybridized carbons (Fsp3) is 0.483. The van der Waals surface area contributed by atoms with E-state index in [9.17, 15) is 9.59 Å². The van der Waals surface area contributed by atoms with Crippen molar-refractivity contribution in [3.05, 3.63) is 64.1 Å². The zero-order chi connectivity index (χ0) is 25.1. The molecule has 36 heavy (non-hydrogen) atoms. The molecule has 1 aromatic heterocycles. The fourth-order valence-corrected chi connectivity index (χ4v) is 5.25. The number of benzene rings is 2. The van der Waals surface area contributed by atoms with E-state index >= 15 is 0 Å². The van der Waals surface area contributed by atoms with Gasteiger partial charge >= 0.3 is 0 Å². The van der Waals surface area contributed by atoms with Gasteiger partial charge < -0.3 is 14.4 Å². The molecule has 2 fully saturated rings. The predicted octanol–water partition coefficient (Wildman–Crippen LogP) is 5.33. The highest BCUT2D eigenvalue weighted by atomic mass is 16.5. The Morgan fingerprint density at radius 2 is 1.75 bits per heavy atom. The lowest BCUT2D eigenvalue weighted by atomic mass is 9.99. The molecule has 1 atom stereocenters. The number of aromatic nitrogens is 2. The van der Waals surface area contributed by atoms with Crippen molar-refractivity contribution < 1.29 is 14.3 Å². The van der Waals surface area contributed by atoms with Gasteiger partial charge in [0.05, 0.1) is 30.2 Å². The van der Waals surface area contributed by atoms with Gasteiger partial charge in [-0.1, -0.05) is 37.1 Å². The number of carbonyl (C=O) groups excluding carboxylic acids is 1. The van der Waals surface area contributed by atoms with Crippen molar-refractivity contribution >= 4 is 16.7 Å². The monoisotopic (exact) mass is 489 g/mol. The third-order valence-corrected chi connectivity index (χ3v) is 7.45. The van der Waals surface area contributed by atoms with E-state index in [0.29, 0.717) is 17.6 Å². The van der Waals surface area contributed by atoms with Crippen LogP contribution in [0, 0.1) is 0 Å². The summed E-state index contributed by atoms with van der Waals surface area (Å²) in [7, 11) is 1.66. The molecule has 2 aliphatic carbocycles. The summed E-state index contributed by atoms with van der Waals surface area (Å²) in [5.41, 5.74) is 1.38. The van der Waals surface area contributed by atoms with Gasteiger partial charge in [0.2, 0.25) is 5.91 Å². The number of amides is 1. The molecule has 3 aromatic rings. The summed E-state index contributed by atoms with van der Waals surface area (Å²) < 4.78 is 12.0. The van der Waals surface area contributed by atoms with E-state index in [0.717, 1.165) is 48.1 Å². The summed E-state index contributed by atoms with van der Waals surface area (Å²) in [5.74, 6) is 1.02. The largest absolute Gasteiger partial charge is 0.493 e. The topological polar surface area (TPSA) is 84.5 Å². The van der Waals surface area contributed by atoms with Crippen molar-refractivity contribution in [3.63, 3.8) is 0 Å². The van der Waals surface area contributed by atoms with Gasteiger partial charge in [-0.05, 0) is 69.2 Å². The minimum atomic E-state index is -0.479. The molecule has 2 aromatic carbocycles. The minimum absolute atomic E-state index is 0.0178. The molecule has 0 spiro atoms. The normalized spacial score (nSPS) is 17.4. The molecule has 0 radical (unpaired) electrons. The molecular weight excluding hydrogens is 454 g/mol. The second-order valence-electron chi connectivity index (χ2n) is 10.1. The van der Waals surface area contributed by atoms with Crippen LogP contribution in [0.3, 0.4) is 0 Å². The summed E-state index contributed by atoms with van der Waals surface area (Å²) in [6.45, 7) is 2.37. The summed E-state index contributed by atoms with van der Waals surface area (Å²) in [6.07, 6.45) is 9.27. The molecule has 7 nitrogen and oxygen atoms in total. The minimum Gasteiger partial charge on any atom is -0.493 e. The first-order valence-corrected chi connectivity index (χ1v) is 13.2. The predicted molar refractivity (Wildman–Crippen MR) is 139 cm³/mol. The van der Waals surface area contributed by atoms with E-state index < -0.39 is 5.92 Å². The van der Waals surface area contributed by atoms with Crippen molar-refractivity contribution in [1.29, 1.82) is 0 Å². The molecule has 1 amide bonds. The van der Waals surface area contributed by atoms with E-state index in [1.54, 1.807) is 13.2 Å². The summed E-state index contributed by atoms with van der Waals surface area (Å²) in [6, 6.07) is 13.5. The highest BCUT2D eigenvalue weighted by Gasteiger charge is 2.36. The highest BCUT2D eigenvalue weighted by molar-refractivity contribution is 5.91. The SMILES string of the molecule is COc1ccc(CN(C(=O)[C@@H](C)c2n[nH]c(=O)c3ccccc23)C2CC2)cc1OC1CCCCCC1. The summed E-state index contributed by atoms with van der Waals surface area (Å²) >= 11 is 0. The van der Waals surface area contributed by atoms with Crippen LogP contribution >= 0.6 is 0 Å². The molecule has 1 heterocycles. The Labute approximate surface area is 211 Å². The third kappa shape index (κ3) is 5.25. The maximum Gasteiger partial charge on any atom is 0.272 e. The van der Waals surface area contributed by atoms with Crippen LogP contribution in [0.5, 0.6) is 11.5 Å². The van der Waals surface area contributed by atoms with Gasteiger partial charge in [0, 0.05) is 18.0 Å². The zero-order valence-electron chi connectivity index (χ0n) is 21.2. The number of methoxy groups -OCH3 is 1. The van der Waals surface area contributed by atoms with Gasteiger partial charge in [-0.2, -0.15) is 5.10 Å². The standard InChI is InChI=1S/C29H35N3O4/c1-19(27-23-11-7-8-12-24(23)28(33)31-30-27)29(34)32(21-14-15-21)18-20-13-16-25(35-2)26(17-20)36-22-9-5-3-4-6-10-22/h7-8,11-13,16-17,19,21-22H,3-6,9-10,14-15,18H2,1-2H3,(H,31,33)/t19-/m0/s1. The average molecular weight is 490 g/mol. The first kappa shape index (κ1) is 24.3. The van der Waals surface area contributed by atoms with E-state index in [-0.39, 0.29) is 23.6 Å². The van der Waals surface area contributed by atoms with Crippen molar-refractivity contribution in [2.24, 2.45) is 0 Å². The van der Waals surface area contributed by atoms with Crippen molar-refractivity contribution in [1.82, 2.24) is 15.1 Å². The molecule has 190 valence electrons. The van der Waals surface area contributed by atoms with Crippen molar-refractivity contribution in [2.45, 2.75) is 82.9 Å². The van der Waals surface area contributed by atoms with Crippen molar-refractivity contribution in [3.8, 4) is 11.5 Å². The molecule has 0 unspecified atom stereocenters. The Morgan fingerprint density at radius 3 is 2.44 bits per heavy atom. The van der Waals surface area contributed by atoms with Crippen LogP contribution in [0.25, 0.3) is 10.8 Å². The molecule has 5 rings (SSSR count). The molecular formula is C29H35N3O4. The van der Waals surface area contributed by atoms with Gasteiger partial charge in [0.15, 0.2) is 11.5 Å². The average Bonchev–Trinajstić information content (AvgIpc) is 3.76. The Balaban J connectivity index is 1.38. The van der Waals surface area contributed by atoms with Gasteiger partial charge in [0.25, 0.3) is 5.56 Å². The quantitative estimate of drug-likeness (QED) is 0.433. The summed E-state index contributed by atoms with van der Waals surface area (Å²) in [5, 5.41) is 8.13. The van der Waals surface area contributed by atoms with E-state index in [2.05, 4.69) is 10.2 Å². The number of nitrogens with zero attached hydrogens (tertiary/aromatic N) is 2. The number of ether oxygens (including phenoxy) is 2. The van der Waals surface area contributed by atoms with Gasteiger partial charge in [-0.3, -0.25) is 9.59 Å². The number of hydrogen-bond acceptors (Lipinski definition) is 5. The Bertz CT molecular complexity index is 1270. The number of carbonyl (C=O) groups is 1. The lowest BCUT2D eigenvalue weighted by molar-refractivity contribution is -0.133. The number of aromatic amines is 1. The molecule has 0 aliphatic heterocycles. The Hall–Kier alpha value is -3.35. The smallest absolute Gasteiger partial charge is 0.272 e. The number of H-pyrrole nitrogens is 1. The fourth-order valence-electron chi connectivity index (χ4n) is 5.25. The maximum absolute atomic E-state index is 13.8. The lowest BCUT2D eigenvalue weighted by Gasteiger charge is -2.27. The maximum atomic E-state index is 13.8. The third-order valence-electron chi connectivity index (χ3n) is 7.45. The van der Waals surface area contributed by atoms with Gasteiger partial charge in [0.1, 0.15) is 0 Å². The molecule has 0 saturated heterocycles. The Morgan fingerprint density at radius 1 is 1.03 bits per heavy atom. The van der Waals surface area contributed by atoms with Crippen LogP contribution in [0.15, 0.2) is 47.3 Å². The van der Waals surface area contributed by atoms with E-state index in [4.69, 9.17) is 9.47 Å². The molecule has 7 heteroatoms. The number of hydrogen-bond donors (Lipinski definition) is 1. The van der Waals surface area contributed by atoms with Gasteiger partial charge in [-0.25, -0.2) is 5.10 Å². The Kier molecular flexibility index (Phi) is 7.25. The second kappa shape index (κ2) is 10.7. The second-order valence-corrected chi connectivity index (χ2v) is 10.1. The van der Waals surface area contributed by atoms with Crippen LogP contribution in [0.2, 0.25) is 0 Å². The van der Waals surface area contributed by atoms with Crippen LogP contribution in [0.4, 0.5) is 0 Å². The first-order chi connectivity index (χ1) is 17.5.